The maximum atomic E-state index is 12.1. The Hall–Kier alpha value is -2.40. The van der Waals surface area contributed by atoms with E-state index in [0.29, 0.717) is 30.1 Å². The van der Waals surface area contributed by atoms with Crippen molar-refractivity contribution >= 4 is 29.5 Å². The number of hydrogen-bond acceptors (Lipinski definition) is 7. The number of carbonyl (C=O) groups excluding carboxylic acids is 3. The summed E-state index contributed by atoms with van der Waals surface area (Å²) in [7, 11) is 0. The molecule has 2 amide bonds. The number of ether oxygens (including phenoxy) is 1. The zero-order valence-corrected chi connectivity index (χ0v) is 14.3. The highest BCUT2D eigenvalue weighted by molar-refractivity contribution is 8.00. The molecule has 24 heavy (non-hydrogen) atoms. The molecule has 1 aliphatic rings. The van der Waals surface area contributed by atoms with Gasteiger partial charge in [0.25, 0.3) is 0 Å². The van der Waals surface area contributed by atoms with Gasteiger partial charge >= 0.3 is 5.97 Å². The van der Waals surface area contributed by atoms with Crippen LogP contribution in [0, 0.1) is 18.3 Å². The van der Waals surface area contributed by atoms with Gasteiger partial charge in [-0.3, -0.25) is 14.5 Å². The summed E-state index contributed by atoms with van der Waals surface area (Å²) in [6.07, 6.45) is 1.08. The molecule has 1 aliphatic heterocycles. The van der Waals surface area contributed by atoms with Crippen LogP contribution in [0.3, 0.4) is 0 Å². The molecule has 0 atom stereocenters. The van der Waals surface area contributed by atoms with E-state index in [4.69, 9.17) is 4.74 Å². The molecular formula is C16H17N3O4S. The van der Waals surface area contributed by atoms with E-state index in [0.717, 1.165) is 11.8 Å². The second kappa shape index (κ2) is 7.93. The number of carbonyl (C=O) groups is 3. The van der Waals surface area contributed by atoms with Crippen molar-refractivity contribution < 1.29 is 19.1 Å². The van der Waals surface area contributed by atoms with E-state index >= 15 is 0 Å². The predicted octanol–water partition coefficient (Wildman–Crippen LogP) is 1.68. The van der Waals surface area contributed by atoms with Gasteiger partial charge in [-0.05, 0) is 26.3 Å². The molecule has 1 aromatic rings. The minimum Gasteiger partial charge on any atom is -0.462 e. The first-order chi connectivity index (χ1) is 11.5. The maximum Gasteiger partial charge on any atom is 0.340 e. The molecule has 1 fully saturated rings. The summed E-state index contributed by atoms with van der Waals surface area (Å²) in [6, 6.07) is 3.40. The van der Waals surface area contributed by atoms with Crippen molar-refractivity contribution in [1.29, 1.82) is 5.26 Å². The van der Waals surface area contributed by atoms with Crippen LogP contribution in [0.2, 0.25) is 0 Å². The molecule has 0 radical (unpaired) electrons. The van der Waals surface area contributed by atoms with Gasteiger partial charge in [-0.2, -0.15) is 5.26 Å². The van der Waals surface area contributed by atoms with Crippen molar-refractivity contribution in [3.63, 3.8) is 0 Å². The number of likely N-dealkylation sites (tertiary alicyclic amines) is 1. The Morgan fingerprint density at radius 3 is 2.83 bits per heavy atom. The number of thioether (sulfide) groups is 1. The fourth-order valence-corrected chi connectivity index (χ4v) is 3.19. The van der Waals surface area contributed by atoms with Gasteiger partial charge in [-0.15, -0.1) is 0 Å². The van der Waals surface area contributed by atoms with Crippen molar-refractivity contribution in [3.8, 4) is 6.07 Å². The van der Waals surface area contributed by atoms with Gasteiger partial charge in [0.05, 0.1) is 29.2 Å². The maximum absolute atomic E-state index is 12.1. The number of pyridine rings is 1. The second-order valence-corrected chi connectivity index (χ2v) is 6.10. The molecule has 0 aromatic carbocycles. The standard InChI is InChI=1S/C16H17N3O4S/c1-3-23-16(22)12-7-11(8-17)15(18-10(12)2)24-9-14(21)19-6-4-5-13(19)20/h7H,3-6,9H2,1-2H3. The smallest absolute Gasteiger partial charge is 0.340 e. The van der Waals surface area contributed by atoms with Crippen molar-refractivity contribution in [2.45, 2.75) is 31.7 Å². The third-order valence-electron chi connectivity index (χ3n) is 3.50. The van der Waals surface area contributed by atoms with Crippen LogP contribution in [0.5, 0.6) is 0 Å². The van der Waals surface area contributed by atoms with Crippen molar-refractivity contribution in [3.05, 3.63) is 22.9 Å². The molecule has 0 aliphatic carbocycles. The van der Waals surface area contributed by atoms with E-state index < -0.39 is 5.97 Å². The monoisotopic (exact) mass is 347 g/mol. The Balaban J connectivity index is 2.14. The molecule has 1 saturated heterocycles. The first-order valence-corrected chi connectivity index (χ1v) is 8.51. The van der Waals surface area contributed by atoms with E-state index in [1.807, 2.05) is 6.07 Å². The number of aromatic nitrogens is 1. The summed E-state index contributed by atoms with van der Waals surface area (Å²) >= 11 is 1.09. The lowest BCUT2D eigenvalue weighted by Gasteiger charge is -2.13. The number of nitriles is 1. The van der Waals surface area contributed by atoms with Crippen LogP contribution in [0.15, 0.2) is 11.1 Å². The number of hydrogen-bond donors (Lipinski definition) is 0. The summed E-state index contributed by atoms with van der Waals surface area (Å²) in [5.41, 5.74) is 0.868. The third kappa shape index (κ3) is 3.92. The van der Waals surface area contributed by atoms with Gasteiger partial charge < -0.3 is 4.74 Å². The molecule has 8 heteroatoms. The Morgan fingerprint density at radius 1 is 1.50 bits per heavy atom. The average Bonchev–Trinajstić information content (AvgIpc) is 2.99. The molecule has 7 nitrogen and oxygen atoms in total. The average molecular weight is 347 g/mol. The van der Waals surface area contributed by atoms with Crippen LogP contribution < -0.4 is 0 Å². The van der Waals surface area contributed by atoms with Crippen LogP contribution in [0.1, 0.15) is 41.4 Å². The van der Waals surface area contributed by atoms with Gasteiger partial charge in [-0.1, -0.05) is 11.8 Å². The second-order valence-electron chi connectivity index (χ2n) is 5.14. The van der Waals surface area contributed by atoms with E-state index in [1.165, 1.54) is 11.0 Å². The Labute approximate surface area is 144 Å². The van der Waals surface area contributed by atoms with Crippen molar-refractivity contribution in [2.75, 3.05) is 18.9 Å². The third-order valence-corrected chi connectivity index (χ3v) is 4.48. The fraction of sp³-hybridized carbons (Fsp3) is 0.438. The van der Waals surface area contributed by atoms with Crippen LogP contribution in [0.25, 0.3) is 0 Å². The Bertz CT molecular complexity index is 727. The molecule has 0 saturated carbocycles. The first kappa shape index (κ1) is 17.9. The molecule has 0 unspecified atom stereocenters. The summed E-state index contributed by atoms with van der Waals surface area (Å²) in [4.78, 5) is 41.0. The highest BCUT2D eigenvalue weighted by atomic mass is 32.2. The lowest BCUT2D eigenvalue weighted by Crippen LogP contribution is -2.33. The normalized spacial score (nSPS) is 13.7. The first-order valence-electron chi connectivity index (χ1n) is 7.52. The number of rotatable bonds is 5. The van der Waals surface area contributed by atoms with Crippen LogP contribution in [-0.2, 0) is 14.3 Å². The van der Waals surface area contributed by atoms with Crippen LogP contribution in [-0.4, -0.2) is 46.6 Å². The molecule has 0 N–H and O–H groups in total. The van der Waals surface area contributed by atoms with Gasteiger partial charge in [0.2, 0.25) is 11.8 Å². The van der Waals surface area contributed by atoms with E-state index in [1.54, 1.807) is 13.8 Å². The topological polar surface area (TPSA) is 100 Å². The summed E-state index contributed by atoms with van der Waals surface area (Å²) in [5.74, 6) is -0.969. The van der Waals surface area contributed by atoms with E-state index in [2.05, 4.69) is 4.98 Å². The number of amides is 2. The van der Waals surface area contributed by atoms with Crippen molar-refractivity contribution in [1.82, 2.24) is 9.88 Å². The predicted molar refractivity (Wildman–Crippen MR) is 86.3 cm³/mol. The summed E-state index contributed by atoms with van der Waals surface area (Å²) < 4.78 is 4.93. The molecule has 126 valence electrons. The molecule has 1 aromatic heterocycles. The van der Waals surface area contributed by atoms with Crippen LogP contribution >= 0.6 is 11.8 Å². The van der Waals surface area contributed by atoms with E-state index in [-0.39, 0.29) is 35.3 Å². The van der Waals surface area contributed by atoms with Gasteiger partial charge in [-0.25, -0.2) is 9.78 Å². The van der Waals surface area contributed by atoms with E-state index in [9.17, 15) is 19.6 Å². The number of aryl methyl sites for hydroxylation is 1. The van der Waals surface area contributed by atoms with Gasteiger partial charge in [0, 0.05) is 13.0 Å². The number of esters is 1. The molecule has 2 rings (SSSR count). The lowest BCUT2D eigenvalue weighted by atomic mass is 10.1. The number of nitrogens with zero attached hydrogens (tertiary/aromatic N) is 3. The van der Waals surface area contributed by atoms with Gasteiger partial charge in [0.15, 0.2) is 0 Å². The molecule has 0 bridgehead atoms. The lowest BCUT2D eigenvalue weighted by molar-refractivity contribution is -0.140. The molecular weight excluding hydrogens is 330 g/mol. The summed E-state index contributed by atoms with van der Waals surface area (Å²) in [6.45, 7) is 4.01. The molecule has 0 spiro atoms. The minimum atomic E-state index is -0.533. The number of imide groups is 1. The SMILES string of the molecule is CCOC(=O)c1cc(C#N)c(SCC(=O)N2CCCC2=O)nc1C. The van der Waals surface area contributed by atoms with Crippen molar-refractivity contribution in [2.24, 2.45) is 0 Å². The highest BCUT2D eigenvalue weighted by Crippen LogP contribution is 2.24. The van der Waals surface area contributed by atoms with Crippen LogP contribution in [0.4, 0.5) is 0 Å². The minimum absolute atomic E-state index is 0.0195. The zero-order valence-electron chi connectivity index (χ0n) is 13.5. The Morgan fingerprint density at radius 2 is 2.25 bits per heavy atom. The summed E-state index contributed by atoms with van der Waals surface area (Å²) in [5, 5.41) is 9.62. The quantitative estimate of drug-likeness (QED) is 0.590. The molecule has 2 heterocycles. The fourth-order valence-electron chi connectivity index (χ4n) is 2.31. The largest absolute Gasteiger partial charge is 0.462 e. The Kier molecular flexibility index (Phi) is 5.93. The zero-order chi connectivity index (χ0) is 17.7. The highest BCUT2D eigenvalue weighted by Gasteiger charge is 2.26. The van der Waals surface area contributed by atoms with Gasteiger partial charge in [0.1, 0.15) is 11.1 Å².